The van der Waals surface area contributed by atoms with Crippen LogP contribution in [0.25, 0.3) is 11.4 Å². The van der Waals surface area contributed by atoms with Gasteiger partial charge in [-0.25, -0.2) is 4.39 Å². The molecule has 0 bridgehead atoms. The Labute approximate surface area is 95.1 Å². The molecule has 0 saturated heterocycles. The summed E-state index contributed by atoms with van der Waals surface area (Å²) in [7, 11) is 1.88. The van der Waals surface area contributed by atoms with E-state index >= 15 is 0 Å². The van der Waals surface area contributed by atoms with Crippen molar-refractivity contribution in [3.8, 4) is 11.4 Å². The Morgan fingerprint density at radius 2 is 2.07 bits per heavy atom. The van der Waals surface area contributed by atoms with Gasteiger partial charge in [-0.15, -0.1) is 10.2 Å². The lowest BCUT2D eigenvalue weighted by Gasteiger charge is -2.02. The summed E-state index contributed by atoms with van der Waals surface area (Å²) in [6, 6.07) is 4.78. The highest BCUT2D eigenvalue weighted by molar-refractivity contribution is 9.10. The van der Waals surface area contributed by atoms with Crippen LogP contribution in [0, 0.1) is 12.7 Å². The Balaban J connectivity index is 2.55. The molecule has 0 unspecified atom stereocenters. The van der Waals surface area contributed by atoms with E-state index in [4.69, 9.17) is 0 Å². The fourth-order valence-electron chi connectivity index (χ4n) is 1.29. The van der Waals surface area contributed by atoms with Crippen LogP contribution in [0.3, 0.4) is 0 Å². The van der Waals surface area contributed by atoms with Gasteiger partial charge in [-0.2, -0.15) is 0 Å². The van der Waals surface area contributed by atoms with Crippen LogP contribution in [0.5, 0.6) is 0 Å². The van der Waals surface area contributed by atoms with Gasteiger partial charge < -0.3 is 4.57 Å². The van der Waals surface area contributed by atoms with Crippen LogP contribution in [0.15, 0.2) is 22.7 Å². The minimum absolute atomic E-state index is 0.280. The molecule has 0 radical (unpaired) electrons. The Hall–Kier alpha value is -1.23. The zero-order chi connectivity index (χ0) is 11.0. The van der Waals surface area contributed by atoms with Crippen LogP contribution < -0.4 is 0 Å². The van der Waals surface area contributed by atoms with Crippen molar-refractivity contribution in [1.82, 2.24) is 14.8 Å². The first kappa shape index (κ1) is 10.3. The van der Waals surface area contributed by atoms with Crippen LogP contribution in [-0.4, -0.2) is 14.8 Å². The molecule has 5 heteroatoms. The predicted octanol–water partition coefficient (Wildman–Crippen LogP) is 2.69. The number of nitrogens with zero attached hydrogens (tertiary/aromatic N) is 3. The Bertz CT molecular complexity index is 507. The summed E-state index contributed by atoms with van der Waals surface area (Å²) >= 11 is 3.14. The van der Waals surface area contributed by atoms with Crippen LogP contribution in [0.2, 0.25) is 0 Å². The fourth-order valence-corrected chi connectivity index (χ4v) is 1.67. The number of aryl methyl sites for hydroxylation is 1. The number of benzene rings is 1. The van der Waals surface area contributed by atoms with E-state index in [9.17, 15) is 4.39 Å². The first-order valence-electron chi connectivity index (χ1n) is 4.41. The van der Waals surface area contributed by atoms with Crippen LogP contribution in [-0.2, 0) is 7.05 Å². The number of hydrogen-bond acceptors (Lipinski definition) is 2. The molecular weight excluding hydrogens is 261 g/mol. The molecule has 0 spiro atoms. The molecule has 2 aromatic rings. The minimum Gasteiger partial charge on any atom is -0.314 e. The molecule has 0 N–H and O–H groups in total. The number of halogens is 2. The molecule has 1 aromatic carbocycles. The third-order valence-corrected chi connectivity index (χ3v) is 2.88. The predicted molar refractivity (Wildman–Crippen MR) is 58.8 cm³/mol. The normalized spacial score (nSPS) is 10.7. The average molecular weight is 270 g/mol. The lowest BCUT2D eigenvalue weighted by Crippen LogP contribution is -1.95. The van der Waals surface area contributed by atoms with Crippen LogP contribution >= 0.6 is 15.9 Å². The SMILES string of the molecule is Cc1nnc(-c2ccc(F)c(Br)c2)n1C. The standard InChI is InChI=1S/C10H9BrFN3/c1-6-13-14-10(15(6)2)7-3-4-9(12)8(11)5-7/h3-5H,1-2H3. The van der Waals surface area contributed by atoms with Crippen molar-refractivity contribution in [1.29, 1.82) is 0 Å². The second-order valence-electron chi connectivity index (χ2n) is 3.26. The lowest BCUT2D eigenvalue weighted by molar-refractivity contribution is 0.621. The summed E-state index contributed by atoms with van der Waals surface area (Å²) in [4.78, 5) is 0. The van der Waals surface area contributed by atoms with Crippen molar-refractivity contribution in [2.24, 2.45) is 7.05 Å². The average Bonchev–Trinajstić information content (AvgIpc) is 2.53. The van der Waals surface area contributed by atoms with Gasteiger partial charge in [-0.05, 0) is 41.1 Å². The highest BCUT2D eigenvalue weighted by Crippen LogP contribution is 2.23. The first-order valence-corrected chi connectivity index (χ1v) is 5.20. The second kappa shape index (κ2) is 3.73. The highest BCUT2D eigenvalue weighted by atomic mass is 79.9. The molecule has 15 heavy (non-hydrogen) atoms. The summed E-state index contributed by atoms with van der Waals surface area (Å²) in [5, 5.41) is 7.97. The van der Waals surface area contributed by atoms with Crippen LogP contribution in [0.4, 0.5) is 4.39 Å². The summed E-state index contributed by atoms with van der Waals surface area (Å²) in [6.45, 7) is 1.87. The third kappa shape index (κ3) is 1.79. The van der Waals surface area contributed by atoms with E-state index in [0.717, 1.165) is 17.2 Å². The van der Waals surface area contributed by atoms with Crippen molar-refractivity contribution in [2.75, 3.05) is 0 Å². The smallest absolute Gasteiger partial charge is 0.163 e. The van der Waals surface area contributed by atoms with E-state index in [2.05, 4.69) is 26.1 Å². The molecule has 1 heterocycles. The van der Waals surface area contributed by atoms with Gasteiger partial charge in [0.05, 0.1) is 4.47 Å². The van der Waals surface area contributed by atoms with Gasteiger partial charge in [0.25, 0.3) is 0 Å². The largest absolute Gasteiger partial charge is 0.314 e. The number of aromatic nitrogens is 3. The number of hydrogen-bond donors (Lipinski definition) is 0. The van der Waals surface area contributed by atoms with E-state index in [-0.39, 0.29) is 5.82 Å². The van der Waals surface area contributed by atoms with Crippen molar-refractivity contribution < 1.29 is 4.39 Å². The molecule has 0 fully saturated rings. The second-order valence-corrected chi connectivity index (χ2v) is 4.11. The molecule has 0 saturated carbocycles. The van der Waals surface area contributed by atoms with Crippen molar-refractivity contribution >= 4 is 15.9 Å². The maximum absolute atomic E-state index is 13.0. The maximum Gasteiger partial charge on any atom is 0.163 e. The van der Waals surface area contributed by atoms with Gasteiger partial charge in [-0.3, -0.25) is 0 Å². The van der Waals surface area contributed by atoms with E-state index in [1.54, 1.807) is 12.1 Å². The zero-order valence-corrected chi connectivity index (χ0v) is 9.92. The monoisotopic (exact) mass is 269 g/mol. The molecule has 2 rings (SSSR count). The third-order valence-electron chi connectivity index (χ3n) is 2.27. The molecule has 0 amide bonds. The van der Waals surface area contributed by atoms with Gasteiger partial charge in [0.15, 0.2) is 5.82 Å². The molecule has 0 atom stereocenters. The highest BCUT2D eigenvalue weighted by Gasteiger charge is 2.09. The Morgan fingerprint density at radius 1 is 1.33 bits per heavy atom. The molecule has 78 valence electrons. The van der Waals surface area contributed by atoms with Gasteiger partial charge in [-0.1, -0.05) is 0 Å². The van der Waals surface area contributed by atoms with Gasteiger partial charge >= 0.3 is 0 Å². The maximum atomic E-state index is 13.0. The van der Waals surface area contributed by atoms with E-state index < -0.39 is 0 Å². The first-order chi connectivity index (χ1) is 7.09. The van der Waals surface area contributed by atoms with Gasteiger partial charge in [0.2, 0.25) is 0 Å². The molecule has 0 aliphatic rings. The van der Waals surface area contributed by atoms with E-state index in [1.807, 2.05) is 18.5 Å². The zero-order valence-electron chi connectivity index (χ0n) is 8.33. The lowest BCUT2D eigenvalue weighted by atomic mass is 10.2. The molecule has 0 aliphatic heterocycles. The van der Waals surface area contributed by atoms with Crippen molar-refractivity contribution in [2.45, 2.75) is 6.92 Å². The molecule has 0 aliphatic carbocycles. The van der Waals surface area contributed by atoms with Crippen molar-refractivity contribution in [3.63, 3.8) is 0 Å². The van der Waals surface area contributed by atoms with Crippen molar-refractivity contribution in [3.05, 3.63) is 34.3 Å². The number of rotatable bonds is 1. The fraction of sp³-hybridized carbons (Fsp3) is 0.200. The van der Waals surface area contributed by atoms with E-state index in [1.165, 1.54) is 6.07 Å². The molecule has 3 nitrogen and oxygen atoms in total. The Morgan fingerprint density at radius 3 is 2.60 bits per heavy atom. The van der Waals surface area contributed by atoms with Crippen LogP contribution in [0.1, 0.15) is 5.82 Å². The topological polar surface area (TPSA) is 30.7 Å². The summed E-state index contributed by atoms with van der Waals surface area (Å²) in [5.74, 6) is 1.27. The molecule has 1 aromatic heterocycles. The summed E-state index contributed by atoms with van der Waals surface area (Å²) < 4.78 is 15.3. The Kier molecular flexibility index (Phi) is 2.56. The van der Waals surface area contributed by atoms with E-state index in [0.29, 0.717) is 4.47 Å². The minimum atomic E-state index is -0.280. The van der Waals surface area contributed by atoms with Gasteiger partial charge in [0, 0.05) is 12.6 Å². The summed E-state index contributed by atoms with van der Waals surface area (Å²) in [6.07, 6.45) is 0. The quantitative estimate of drug-likeness (QED) is 0.797. The summed E-state index contributed by atoms with van der Waals surface area (Å²) in [5.41, 5.74) is 0.839. The molecular formula is C10H9BrFN3. The van der Waals surface area contributed by atoms with Gasteiger partial charge in [0.1, 0.15) is 11.6 Å².